The Hall–Kier alpha value is -2.44. The van der Waals surface area contributed by atoms with E-state index in [4.69, 9.17) is 5.11 Å². The van der Waals surface area contributed by atoms with Gasteiger partial charge in [0.15, 0.2) is 5.65 Å². The monoisotopic (exact) mass is 290 g/mol. The van der Waals surface area contributed by atoms with E-state index >= 15 is 0 Å². The molecule has 0 aliphatic carbocycles. The molecular weight excluding hydrogens is 272 g/mol. The van der Waals surface area contributed by atoms with Crippen LogP contribution in [0.1, 0.15) is 36.5 Å². The molecule has 0 aromatic carbocycles. The van der Waals surface area contributed by atoms with Crippen LogP contribution >= 0.6 is 0 Å². The van der Waals surface area contributed by atoms with Gasteiger partial charge >= 0.3 is 5.97 Å². The number of aliphatic carboxylic acids is 1. The van der Waals surface area contributed by atoms with Crippen LogP contribution in [0.15, 0.2) is 18.3 Å². The van der Waals surface area contributed by atoms with Gasteiger partial charge < -0.3 is 10.4 Å². The second kappa shape index (κ2) is 5.90. The number of carboxylic acids is 1. The summed E-state index contributed by atoms with van der Waals surface area (Å²) in [6.07, 6.45) is 1.99. The lowest BCUT2D eigenvalue weighted by Gasteiger charge is -2.16. The number of rotatable bonds is 5. The van der Waals surface area contributed by atoms with E-state index in [1.54, 1.807) is 29.7 Å². The number of aromatic nitrogens is 3. The number of nitrogens with zero attached hydrogens (tertiary/aromatic N) is 3. The van der Waals surface area contributed by atoms with E-state index in [-0.39, 0.29) is 5.92 Å². The molecule has 0 radical (unpaired) electrons. The third-order valence-corrected chi connectivity index (χ3v) is 3.15. The normalized spacial score (nSPS) is 12.6. The second-order valence-corrected chi connectivity index (χ2v) is 5.39. The van der Waals surface area contributed by atoms with Crippen LogP contribution in [0.4, 0.5) is 0 Å². The lowest BCUT2D eigenvalue weighted by Crippen LogP contribution is -2.41. The minimum Gasteiger partial charge on any atom is -0.480 e. The third kappa shape index (κ3) is 3.36. The van der Waals surface area contributed by atoms with Crippen LogP contribution in [-0.2, 0) is 4.79 Å². The number of carbonyl (C=O) groups is 2. The average molecular weight is 290 g/mol. The van der Waals surface area contributed by atoms with E-state index in [1.165, 1.54) is 0 Å². The largest absolute Gasteiger partial charge is 0.480 e. The minimum absolute atomic E-state index is 0.175. The summed E-state index contributed by atoms with van der Waals surface area (Å²) in [5.74, 6) is -0.609. The first kappa shape index (κ1) is 15.0. The highest BCUT2D eigenvalue weighted by Crippen LogP contribution is 2.09. The van der Waals surface area contributed by atoms with Gasteiger partial charge in [0.1, 0.15) is 11.9 Å². The number of fused-ring (bicyclic) bond motifs is 1. The summed E-state index contributed by atoms with van der Waals surface area (Å²) in [4.78, 5) is 23.4. The number of carboxylic acid groups (broad SMARTS) is 1. The first-order valence-electron chi connectivity index (χ1n) is 6.73. The maximum absolute atomic E-state index is 12.2. The molecule has 1 atom stereocenters. The first-order chi connectivity index (χ1) is 9.88. The average Bonchev–Trinajstić information content (AvgIpc) is 2.78. The molecule has 7 nitrogen and oxygen atoms in total. The zero-order chi connectivity index (χ0) is 15.6. The molecule has 112 valence electrons. The van der Waals surface area contributed by atoms with E-state index in [0.717, 1.165) is 0 Å². The molecule has 2 aromatic rings. The molecule has 0 aliphatic heterocycles. The Balaban J connectivity index is 2.20. The SMILES string of the molecule is Cc1nnc2ccc(C(=O)NC(CC(C)C)C(=O)O)cn12. The van der Waals surface area contributed by atoms with E-state index in [0.29, 0.717) is 23.5 Å². The first-order valence-corrected chi connectivity index (χ1v) is 6.73. The van der Waals surface area contributed by atoms with Gasteiger partial charge in [-0.25, -0.2) is 4.79 Å². The summed E-state index contributed by atoms with van der Waals surface area (Å²) in [6, 6.07) is 2.38. The van der Waals surface area contributed by atoms with Gasteiger partial charge in [0.2, 0.25) is 0 Å². The van der Waals surface area contributed by atoms with Crippen molar-refractivity contribution in [3.05, 3.63) is 29.7 Å². The van der Waals surface area contributed by atoms with E-state index < -0.39 is 17.9 Å². The highest BCUT2D eigenvalue weighted by Gasteiger charge is 2.22. The molecule has 0 saturated carbocycles. The molecule has 21 heavy (non-hydrogen) atoms. The fourth-order valence-corrected chi connectivity index (χ4v) is 2.07. The van der Waals surface area contributed by atoms with E-state index in [1.807, 2.05) is 13.8 Å². The topological polar surface area (TPSA) is 96.6 Å². The van der Waals surface area contributed by atoms with Crippen LogP contribution in [-0.4, -0.2) is 37.6 Å². The number of amides is 1. The van der Waals surface area contributed by atoms with Crippen LogP contribution in [0.2, 0.25) is 0 Å². The van der Waals surface area contributed by atoms with Crippen molar-refractivity contribution < 1.29 is 14.7 Å². The molecule has 7 heteroatoms. The number of aryl methyl sites for hydroxylation is 1. The molecule has 0 spiro atoms. The highest BCUT2D eigenvalue weighted by molar-refractivity contribution is 5.96. The van der Waals surface area contributed by atoms with Crippen molar-refractivity contribution in [2.24, 2.45) is 5.92 Å². The zero-order valence-corrected chi connectivity index (χ0v) is 12.2. The second-order valence-electron chi connectivity index (χ2n) is 5.39. The molecule has 1 unspecified atom stereocenters. The standard InChI is InChI=1S/C14H18N4O3/c1-8(2)6-11(14(20)21)15-13(19)10-4-5-12-17-16-9(3)18(12)7-10/h4-5,7-8,11H,6H2,1-3H3,(H,15,19)(H,20,21). The maximum atomic E-state index is 12.2. The molecule has 0 fully saturated rings. The third-order valence-electron chi connectivity index (χ3n) is 3.15. The maximum Gasteiger partial charge on any atom is 0.326 e. The summed E-state index contributed by atoms with van der Waals surface area (Å²) in [6.45, 7) is 5.60. The quantitative estimate of drug-likeness (QED) is 0.864. The zero-order valence-electron chi connectivity index (χ0n) is 12.2. The molecular formula is C14H18N4O3. The molecule has 2 rings (SSSR count). The highest BCUT2D eigenvalue weighted by atomic mass is 16.4. The van der Waals surface area contributed by atoms with Gasteiger partial charge in [-0.1, -0.05) is 13.8 Å². The number of hydrogen-bond acceptors (Lipinski definition) is 4. The minimum atomic E-state index is -1.03. The molecule has 2 N–H and O–H groups in total. The Kier molecular flexibility index (Phi) is 4.21. The van der Waals surface area contributed by atoms with Gasteiger partial charge in [-0.05, 0) is 31.4 Å². The Morgan fingerprint density at radius 2 is 2.05 bits per heavy atom. The Labute approximate surface area is 122 Å². The number of hydrogen-bond donors (Lipinski definition) is 2. The van der Waals surface area contributed by atoms with Gasteiger partial charge in [-0.2, -0.15) is 0 Å². The number of nitrogens with one attached hydrogen (secondary N) is 1. The van der Waals surface area contributed by atoms with Crippen molar-refractivity contribution >= 4 is 17.5 Å². The summed E-state index contributed by atoms with van der Waals surface area (Å²) >= 11 is 0. The Morgan fingerprint density at radius 1 is 1.33 bits per heavy atom. The summed E-state index contributed by atoms with van der Waals surface area (Å²) in [7, 11) is 0. The van der Waals surface area contributed by atoms with Gasteiger partial charge in [0.05, 0.1) is 5.56 Å². The lowest BCUT2D eigenvalue weighted by atomic mass is 10.0. The molecule has 0 aliphatic rings. The van der Waals surface area contributed by atoms with Crippen molar-refractivity contribution in [2.45, 2.75) is 33.2 Å². The molecule has 0 bridgehead atoms. The predicted octanol–water partition coefficient (Wildman–Crippen LogP) is 1.27. The van der Waals surface area contributed by atoms with E-state index in [9.17, 15) is 9.59 Å². The van der Waals surface area contributed by atoms with Crippen LogP contribution < -0.4 is 5.32 Å². The van der Waals surface area contributed by atoms with Gasteiger partial charge in [-0.15, -0.1) is 10.2 Å². The Bertz CT molecular complexity index is 678. The van der Waals surface area contributed by atoms with Crippen molar-refractivity contribution in [3.63, 3.8) is 0 Å². The lowest BCUT2D eigenvalue weighted by molar-refractivity contribution is -0.139. The summed E-state index contributed by atoms with van der Waals surface area (Å²) in [5, 5.41) is 19.6. The van der Waals surface area contributed by atoms with Crippen molar-refractivity contribution in [2.75, 3.05) is 0 Å². The molecule has 1 amide bonds. The predicted molar refractivity (Wildman–Crippen MR) is 76.1 cm³/mol. The van der Waals surface area contributed by atoms with Crippen molar-refractivity contribution in [3.8, 4) is 0 Å². The Morgan fingerprint density at radius 3 is 2.67 bits per heavy atom. The van der Waals surface area contributed by atoms with Gasteiger partial charge in [0.25, 0.3) is 5.91 Å². The smallest absolute Gasteiger partial charge is 0.326 e. The fourth-order valence-electron chi connectivity index (χ4n) is 2.07. The van der Waals surface area contributed by atoms with Crippen molar-refractivity contribution in [1.29, 1.82) is 0 Å². The van der Waals surface area contributed by atoms with E-state index in [2.05, 4.69) is 15.5 Å². The van der Waals surface area contributed by atoms with Crippen LogP contribution in [0.25, 0.3) is 5.65 Å². The van der Waals surface area contributed by atoms with Crippen LogP contribution in [0, 0.1) is 12.8 Å². The number of pyridine rings is 1. The molecule has 2 aromatic heterocycles. The fraction of sp³-hybridized carbons (Fsp3) is 0.429. The summed E-state index contributed by atoms with van der Waals surface area (Å²) < 4.78 is 1.69. The van der Waals surface area contributed by atoms with Crippen LogP contribution in [0.5, 0.6) is 0 Å². The van der Waals surface area contributed by atoms with Crippen LogP contribution in [0.3, 0.4) is 0 Å². The van der Waals surface area contributed by atoms with Gasteiger partial charge in [0, 0.05) is 6.20 Å². The van der Waals surface area contributed by atoms with Crippen molar-refractivity contribution in [1.82, 2.24) is 19.9 Å². The molecule has 2 heterocycles. The van der Waals surface area contributed by atoms with Gasteiger partial charge in [-0.3, -0.25) is 9.20 Å². The molecule has 0 saturated heterocycles. The number of carbonyl (C=O) groups excluding carboxylic acids is 1. The summed E-state index contributed by atoms with van der Waals surface area (Å²) in [5.41, 5.74) is 1.02.